The number of benzene rings is 1. The summed E-state index contributed by atoms with van der Waals surface area (Å²) in [7, 11) is 8.41. The summed E-state index contributed by atoms with van der Waals surface area (Å²) in [6.07, 6.45) is 1.17. The zero-order valence-corrected chi connectivity index (χ0v) is 14.3. The van der Waals surface area contributed by atoms with Crippen molar-refractivity contribution in [1.82, 2.24) is 10.2 Å². The topological polar surface area (TPSA) is 18.5 Å². The molecule has 0 heterocycles. The predicted octanol–water partition coefficient (Wildman–Crippen LogP) is 3.12. The van der Waals surface area contributed by atoms with Gasteiger partial charge in [-0.05, 0) is 64.8 Å². The molecule has 19 heavy (non-hydrogen) atoms. The molecule has 3 nitrogen and oxygen atoms in total. The van der Waals surface area contributed by atoms with Gasteiger partial charge in [-0.25, -0.2) is 0 Å². The van der Waals surface area contributed by atoms with E-state index in [1.807, 2.05) is 7.05 Å². The van der Waals surface area contributed by atoms with Crippen LogP contribution in [0.5, 0.6) is 0 Å². The van der Waals surface area contributed by atoms with E-state index in [0.717, 1.165) is 17.6 Å². The quantitative estimate of drug-likeness (QED) is 0.830. The molecule has 1 N–H and O–H groups in total. The third kappa shape index (κ3) is 5.13. The van der Waals surface area contributed by atoms with Gasteiger partial charge >= 0.3 is 0 Å². The number of halogens is 1. The van der Waals surface area contributed by atoms with Crippen LogP contribution in [0.4, 0.5) is 5.69 Å². The Kier molecular flexibility index (Phi) is 6.83. The summed E-state index contributed by atoms with van der Waals surface area (Å²) < 4.78 is 1.13. The molecule has 0 fully saturated rings. The van der Waals surface area contributed by atoms with Crippen molar-refractivity contribution in [2.24, 2.45) is 0 Å². The van der Waals surface area contributed by atoms with Crippen LogP contribution in [-0.4, -0.2) is 46.2 Å². The Labute approximate surface area is 126 Å². The van der Waals surface area contributed by atoms with E-state index < -0.39 is 0 Å². The number of anilines is 1. The summed E-state index contributed by atoms with van der Waals surface area (Å²) in [5, 5.41) is 3.32. The lowest BCUT2D eigenvalue weighted by Crippen LogP contribution is -2.25. The molecule has 0 aliphatic carbocycles. The van der Waals surface area contributed by atoms with Crippen LogP contribution in [-0.2, 0) is 0 Å². The molecule has 1 aromatic carbocycles. The first-order valence-corrected chi connectivity index (χ1v) is 7.57. The lowest BCUT2D eigenvalue weighted by atomic mass is 10.1. The Balaban J connectivity index is 2.80. The highest BCUT2D eigenvalue weighted by Gasteiger charge is 2.12. The minimum Gasteiger partial charge on any atom is -0.374 e. The standard InChI is InChI=1S/C15H26BrN3/c1-12(17-2)14-11-13(16)7-8-15(14)19(5)10-6-9-18(3)4/h7-8,11-12,17H,6,9-10H2,1-5H3. The lowest BCUT2D eigenvalue weighted by Gasteiger charge is -2.26. The molecule has 1 unspecified atom stereocenters. The fourth-order valence-electron chi connectivity index (χ4n) is 2.12. The molecule has 1 atom stereocenters. The van der Waals surface area contributed by atoms with Crippen LogP contribution in [0.15, 0.2) is 22.7 Å². The summed E-state index contributed by atoms with van der Waals surface area (Å²) in [5.74, 6) is 0. The summed E-state index contributed by atoms with van der Waals surface area (Å²) in [4.78, 5) is 4.58. The van der Waals surface area contributed by atoms with E-state index in [1.165, 1.54) is 17.7 Å². The summed E-state index contributed by atoms with van der Waals surface area (Å²) in [5.41, 5.74) is 2.65. The van der Waals surface area contributed by atoms with E-state index in [1.54, 1.807) is 0 Å². The highest BCUT2D eigenvalue weighted by molar-refractivity contribution is 9.10. The van der Waals surface area contributed by atoms with Gasteiger partial charge in [0, 0.05) is 29.8 Å². The molecule has 0 aromatic heterocycles. The number of hydrogen-bond acceptors (Lipinski definition) is 3. The van der Waals surface area contributed by atoms with Crippen molar-refractivity contribution in [2.75, 3.05) is 46.2 Å². The van der Waals surface area contributed by atoms with Gasteiger partial charge in [0.1, 0.15) is 0 Å². The molecule has 1 rings (SSSR count). The van der Waals surface area contributed by atoms with E-state index in [0.29, 0.717) is 6.04 Å². The third-order valence-electron chi connectivity index (χ3n) is 3.40. The summed E-state index contributed by atoms with van der Waals surface area (Å²) >= 11 is 3.56. The van der Waals surface area contributed by atoms with Gasteiger partial charge in [-0.15, -0.1) is 0 Å². The largest absolute Gasteiger partial charge is 0.374 e. The molecule has 0 saturated carbocycles. The van der Waals surface area contributed by atoms with Crippen LogP contribution in [0.3, 0.4) is 0 Å². The zero-order valence-electron chi connectivity index (χ0n) is 12.7. The van der Waals surface area contributed by atoms with Gasteiger partial charge in [-0.2, -0.15) is 0 Å². The van der Waals surface area contributed by atoms with Crippen molar-refractivity contribution in [3.05, 3.63) is 28.2 Å². The minimum absolute atomic E-state index is 0.351. The highest BCUT2D eigenvalue weighted by atomic mass is 79.9. The Morgan fingerprint density at radius 3 is 2.47 bits per heavy atom. The van der Waals surface area contributed by atoms with Crippen molar-refractivity contribution in [1.29, 1.82) is 0 Å². The third-order valence-corrected chi connectivity index (χ3v) is 3.89. The fourth-order valence-corrected chi connectivity index (χ4v) is 2.50. The zero-order chi connectivity index (χ0) is 14.4. The van der Waals surface area contributed by atoms with Crippen LogP contribution in [0.1, 0.15) is 24.9 Å². The van der Waals surface area contributed by atoms with E-state index >= 15 is 0 Å². The minimum atomic E-state index is 0.351. The SMILES string of the molecule is CNC(C)c1cc(Br)ccc1N(C)CCCN(C)C. The lowest BCUT2D eigenvalue weighted by molar-refractivity contribution is 0.401. The van der Waals surface area contributed by atoms with Gasteiger partial charge in [-0.1, -0.05) is 15.9 Å². The smallest absolute Gasteiger partial charge is 0.0412 e. The molecule has 4 heteroatoms. The molecular formula is C15H26BrN3. The van der Waals surface area contributed by atoms with E-state index in [2.05, 4.69) is 77.3 Å². The molecule has 108 valence electrons. The van der Waals surface area contributed by atoms with Gasteiger partial charge in [0.15, 0.2) is 0 Å². The Bertz CT molecular complexity index is 393. The molecule has 1 aromatic rings. The predicted molar refractivity (Wildman–Crippen MR) is 88.1 cm³/mol. The van der Waals surface area contributed by atoms with Crippen LogP contribution >= 0.6 is 15.9 Å². The second kappa shape index (κ2) is 7.88. The van der Waals surface area contributed by atoms with Gasteiger partial charge in [0.25, 0.3) is 0 Å². The molecule has 0 aliphatic rings. The molecule has 0 saturated heterocycles. The van der Waals surface area contributed by atoms with Crippen LogP contribution in [0.25, 0.3) is 0 Å². The van der Waals surface area contributed by atoms with Crippen LogP contribution in [0.2, 0.25) is 0 Å². The molecule has 0 aliphatic heterocycles. The van der Waals surface area contributed by atoms with Crippen molar-refractivity contribution in [2.45, 2.75) is 19.4 Å². The maximum atomic E-state index is 3.56. The molecule has 0 amide bonds. The first-order valence-electron chi connectivity index (χ1n) is 6.78. The fraction of sp³-hybridized carbons (Fsp3) is 0.600. The number of nitrogens with zero attached hydrogens (tertiary/aromatic N) is 2. The van der Waals surface area contributed by atoms with Crippen LogP contribution < -0.4 is 10.2 Å². The second-order valence-electron chi connectivity index (χ2n) is 5.29. The number of nitrogens with one attached hydrogen (secondary N) is 1. The normalized spacial score (nSPS) is 12.8. The van der Waals surface area contributed by atoms with Crippen molar-refractivity contribution < 1.29 is 0 Å². The average molecular weight is 328 g/mol. The van der Waals surface area contributed by atoms with Crippen molar-refractivity contribution in [3.63, 3.8) is 0 Å². The summed E-state index contributed by atoms with van der Waals surface area (Å²) in [6.45, 7) is 4.39. The molecule has 0 bridgehead atoms. The first kappa shape index (κ1) is 16.5. The van der Waals surface area contributed by atoms with Gasteiger partial charge < -0.3 is 15.1 Å². The second-order valence-corrected chi connectivity index (χ2v) is 6.21. The highest BCUT2D eigenvalue weighted by Crippen LogP contribution is 2.28. The Hall–Kier alpha value is -0.580. The van der Waals surface area contributed by atoms with Crippen LogP contribution in [0, 0.1) is 0 Å². The van der Waals surface area contributed by atoms with E-state index in [-0.39, 0.29) is 0 Å². The Morgan fingerprint density at radius 2 is 1.89 bits per heavy atom. The molecular weight excluding hydrogens is 302 g/mol. The van der Waals surface area contributed by atoms with Gasteiger partial charge in [0.05, 0.1) is 0 Å². The molecule has 0 radical (unpaired) electrons. The van der Waals surface area contributed by atoms with Gasteiger partial charge in [0.2, 0.25) is 0 Å². The first-order chi connectivity index (χ1) is 8.95. The van der Waals surface area contributed by atoms with Crippen molar-refractivity contribution in [3.8, 4) is 0 Å². The maximum Gasteiger partial charge on any atom is 0.0412 e. The maximum absolute atomic E-state index is 3.56. The molecule has 0 spiro atoms. The number of hydrogen-bond donors (Lipinski definition) is 1. The number of rotatable bonds is 7. The average Bonchev–Trinajstić information content (AvgIpc) is 2.37. The van der Waals surface area contributed by atoms with Gasteiger partial charge in [-0.3, -0.25) is 0 Å². The van der Waals surface area contributed by atoms with E-state index in [9.17, 15) is 0 Å². The Morgan fingerprint density at radius 1 is 1.21 bits per heavy atom. The summed E-state index contributed by atoms with van der Waals surface area (Å²) in [6, 6.07) is 6.87. The monoisotopic (exact) mass is 327 g/mol. The van der Waals surface area contributed by atoms with Crippen molar-refractivity contribution >= 4 is 21.6 Å². The van der Waals surface area contributed by atoms with E-state index in [4.69, 9.17) is 0 Å².